The number of alkyl carbamates (subject to hydrolysis) is 1. The highest BCUT2D eigenvalue weighted by atomic mass is 16.6. The van der Waals surface area contributed by atoms with E-state index in [9.17, 15) is 14.4 Å². The van der Waals surface area contributed by atoms with Crippen molar-refractivity contribution in [1.29, 1.82) is 0 Å². The standard InChI is InChI=1S/C27H43N3O4/c1-9-19-13-15-20(16-14-19)23(24(31)28-18(4)5)30(21-11-10-12-21)25(32)22(17(2)3)29-26(33)34-27(6,7)8/h13-18,21-23H,9-12H2,1-8H3,(H,28,31)(H,29,33). The topological polar surface area (TPSA) is 87.7 Å². The lowest BCUT2D eigenvalue weighted by atomic mass is 9.87. The van der Waals surface area contributed by atoms with Gasteiger partial charge in [-0.05, 0) is 77.3 Å². The average molecular weight is 474 g/mol. The maximum atomic E-state index is 14.0. The zero-order valence-corrected chi connectivity index (χ0v) is 22.1. The summed E-state index contributed by atoms with van der Waals surface area (Å²) in [6, 6.07) is 6.20. The number of hydrogen-bond donors (Lipinski definition) is 2. The fraction of sp³-hybridized carbons (Fsp3) is 0.667. The van der Waals surface area contributed by atoms with Gasteiger partial charge in [0, 0.05) is 12.1 Å². The van der Waals surface area contributed by atoms with Gasteiger partial charge >= 0.3 is 6.09 Å². The SMILES string of the molecule is CCc1ccc(C(C(=O)NC(C)C)N(C(=O)C(NC(=O)OC(C)(C)C)C(C)C)C2CCC2)cc1. The Labute approximate surface area is 205 Å². The second kappa shape index (κ2) is 11.7. The fourth-order valence-corrected chi connectivity index (χ4v) is 4.03. The van der Waals surface area contributed by atoms with Gasteiger partial charge in [-0.25, -0.2) is 4.79 Å². The first-order valence-corrected chi connectivity index (χ1v) is 12.5. The van der Waals surface area contributed by atoms with Crippen LogP contribution in [-0.4, -0.2) is 46.5 Å². The molecule has 0 bridgehead atoms. The number of rotatable bonds is 9. The van der Waals surface area contributed by atoms with E-state index in [0.29, 0.717) is 0 Å². The molecule has 2 rings (SSSR count). The first-order valence-electron chi connectivity index (χ1n) is 12.5. The number of nitrogens with zero attached hydrogens (tertiary/aromatic N) is 1. The van der Waals surface area contributed by atoms with Gasteiger partial charge in [-0.3, -0.25) is 9.59 Å². The molecule has 1 fully saturated rings. The van der Waals surface area contributed by atoms with Gasteiger partial charge in [-0.2, -0.15) is 0 Å². The Balaban J connectivity index is 2.46. The highest BCUT2D eigenvalue weighted by Crippen LogP contribution is 2.34. The Morgan fingerprint density at radius 1 is 1.03 bits per heavy atom. The van der Waals surface area contributed by atoms with Crippen molar-refractivity contribution in [3.05, 3.63) is 35.4 Å². The predicted octanol–water partition coefficient (Wildman–Crippen LogP) is 4.75. The van der Waals surface area contributed by atoms with E-state index in [1.807, 2.05) is 52.0 Å². The summed E-state index contributed by atoms with van der Waals surface area (Å²) in [6.45, 7) is 15.0. The van der Waals surface area contributed by atoms with Gasteiger partial charge in [-0.15, -0.1) is 0 Å². The van der Waals surface area contributed by atoms with Crippen molar-refractivity contribution in [3.8, 4) is 0 Å². The van der Waals surface area contributed by atoms with Crippen molar-refractivity contribution in [2.75, 3.05) is 0 Å². The molecule has 0 radical (unpaired) electrons. The van der Waals surface area contributed by atoms with Gasteiger partial charge in [0.15, 0.2) is 0 Å². The van der Waals surface area contributed by atoms with E-state index in [1.54, 1.807) is 25.7 Å². The molecule has 1 aliphatic carbocycles. The molecule has 1 aromatic rings. The number of carbonyl (C=O) groups excluding carboxylic acids is 3. The highest BCUT2D eigenvalue weighted by molar-refractivity contribution is 5.92. The van der Waals surface area contributed by atoms with Gasteiger partial charge in [0.05, 0.1) is 0 Å². The lowest BCUT2D eigenvalue weighted by Gasteiger charge is -2.44. The van der Waals surface area contributed by atoms with Crippen LogP contribution in [0.3, 0.4) is 0 Å². The third kappa shape index (κ3) is 7.47. The van der Waals surface area contributed by atoms with Gasteiger partial charge < -0.3 is 20.3 Å². The van der Waals surface area contributed by atoms with Gasteiger partial charge in [0.2, 0.25) is 11.8 Å². The zero-order chi connectivity index (χ0) is 25.6. The minimum Gasteiger partial charge on any atom is -0.444 e. The molecule has 1 aromatic carbocycles. The summed E-state index contributed by atoms with van der Waals surface area (Å²) in [6.07, 6.45) is 2.93. The lowest BCUT2D eigenvalue weighted by Crippen LogP contribution is -2.59. The van der Waals surface area contributed by atoms with E-state index in [0.717, 1.165) is 31.2 Å². The van der Waals surface area contributed by atoms with E-state index < -0.39 is 23.8 Å². The summed E-state index contributed by atoms with van der Waals surface area (Å²) in [5, 5.41) is 5.78. The first-order chi connectivity index (χ1) is 15.8. The van der Waals surface area contributed by atoms with E-state index >= 15 is 0 Å². The van der Waals surface area contributed by atoms with Crippen LogP contribution in [0.2, 0.25) is 0 Å². The van der Waals surface area contributed by atoms with Crippen LogP contribution in [0, 0.1) is 5.92 Å². The maximum absolute atomic E-state index is 14.0. The molecule has 1 saturated carbocycles. The molecule has 0 aliphatic heterocycles. The summed E-state index contributed by atoms with van der Waals surface area (Å²) in [5.41, 5.74) is 1.26. The van der Waals surface area contributed by atoms with E-state index in [1.165, 1.54) is 5.56 Å². The maximum Gasteiger partial charge on any atom is 0.408 e. The Bertz CT molecular complexity index is 838. The summed E-state index contributed by atoms with van der Waals surface area (Å²) in [4.78, 5) is 41.8. The fourth-order valence-electron chi connectivity index (χ4n) is 4.03. The molecule has 0 heterocycles. The quantitative estimate of drug-likeness (QED) is 0.542. The van der Waals surface area contributed by atoms with Crippen LogP contribution in [0.25, 0.3) is 0 Å². The number of carbonyl (C=O) groups is 3. The second-order valence-corrected chi connectivity index (χ2v) is 10.9. The second-order valence-electron chi connectivity index (χ2n) is 10.9. The first kappa shape index (κ1) is 27.7. The normalized spacial score (nSPS) is 15.9. The summed E-state index contributed by atoms with van der Waals surface area (Å²) in [7, 11) is 0. The van der Waals surface area contributed by atoms with Gasteiger partial charge in [0.25, 0.3) is 0 Å². The number of amides is 3. The van der Waals surface area contributed by atoms with Crippen LogP contribution < -0.4 is 10.6 Å². The average Bonchev–Trinajstić information content (AvgIpc) is 2.68. The molecule has 2 unspecified atom stereocenters. The molecule has 190 valence electrons. The molecule has 7 nitrogen and oxygen atoms in total. The summed E-state index contributed by atoms with van der Waals surface area (Å²) in [5.74, 6) is -0.646. The molecular formula is C27H43N3O4. The molecule has 3 amide bonds. The molecule has 0 aromatic heterocycles. The summed E-state index contributed by atoms with van der Waals surface area (Å²) >= 11 is 0. The third-order valence-corrected chi connectivity index (χ3v) is 5.99. The molecule has 0 spiro atoms. The monoisotopic (exact) mass is 473 g/mol. The third-order valence-electron chi connectivity index (χ3n) is 5.99. The zero-order valence-electron chi connectivity index (χ0n) is 22.1. The lowest BCUT2D eigenvalue weighted by molar-refractivity contribution is -0.148. The van der Waals surface area contributed by atoms with Crippen molar-refractivity contribution in [2.45, 2.75) is 111 Å². The molecule has 34 heavy (non-hydrogen) atoms. The molecule has 1 aliphatic rings. The number of benzene rings is 1. The van der Waals surface area contributed by atoms with Crippen LogP contribution >= 0.6 is 0 Å². The Morgan fingerprint density at radius 3 is 2.03 bits per heavy atom. The van der Waals surface area contributed by atoms with Crippen LogP contribution in [0.1, 0.15) is 91.8 Å². The molecule has 0 saturated heterocycles. The Kier molecular flexibility index (Phi) is 9.54. The minimum absolute atomic E-state index is 0.0528. The van der Waals surface area contributed by atoms with Crippen molar-refractivity contribution >= 4 is 17.9 Å². The number of ether oxygens (including phenoxy) is 1. The Morgan fingerprint density at radius 2 is 1.62 bits per heavy atom. The van der Waals surface area contributed by atoms with Crippen LogP contribution in [0.4, 0.5) is 4.79 Å². The largest absolute Gasteiger partial charge is 0.444 e. The van der Waals surface area contributed by atoms with E-state index in [4.69, 9.17) is 4.74 Å². The Hall–Kier alpha value is -2.57. The molecular weight excluding hydrogens is 430 g/mol. The molecule has 7 heteroatoms. The van der Waals surface area contributed by atoms with Crippen molar-refractivity contribution in [1.82, 2.24) is 15.5 Å². The molecule has 2 N–H and O–H groups in total. The van der Waals surface area contributed by atoms with Crippen molar-refractivity contribution in [3.63, 3.8) is 0 Å². The minimum atomic E-state index is -0.806. The van der Waals surface area contributed by atoms with Gasteiger partial charge in [0.1, 0.15) is 17.7 Å². The highest BCUT2D eigenvalue weighted by Gasteiger charge is 2.42. The molecule has 2 atom stereocenters. The predicted molar refractivity (Wildman–Crippen MR) is 134 cm³/mol. The summed E-state index contributed by atoms with van der Waals surface area (Å²) < 4.78 is 5.42. The van der Waals surface area contributed by atoms with Crippen LogP contribution in [0.15, 0.2) is 24.3 Å². The number of nitrogens with one attached hydrogen (secondary N) is 2. The number of hydrogen-bond acceptors (Lipinski definition) is 4. The van der Waals surface area contributed by atoms with E-state index in [-0.39, 0.29) is 29.8 Å². The van der Waals surface area contributed by atoms with Crippen molar-refractivity contribution in [2.24, 2.45) is 5.92 Å². The van der Waals surface area contributed by atoms with Crippen LogP contribution in [0.5, 0.6) is 0 Å². The van der Waals surface area contributed by atoms with Crippen molar-refractivity contribution < 1.29 is 19.1 Å². The van der Waals surface area contributed by atoms with Gasteiger partial charge in [-0.1, -0.05) is 45.0 Å². The van der Waals surface area contributed by atoms with Crippen LogP contribution in [-0.2, 0) is 20.7 Å². The smallest absolute Gasteiger partial charge is 0.408 e. The van der Waals surface area contributed by atoms with E-state index in [2.05, 4.69) is 17.6 Å². The number of aryl methyl sites for hydroxylation is 1.